The molecule has 0 unspecified atom stereocenters. The highest BCUT2D eigenvalue weighted by Gasteiger charge is 2.23. The van der Waals surface area contributed by atoms with Crippen LogP contribution >= 0.6 is 11.8 Å². The van der Waals surface area contributed by atoms with Gasteiger partial charge in [-0.15, -0.1) is 10.2 Å². The van der Waals surface area contributed by atoms with Crippen molar-refractivity contribution < 1.29 is 14.0 Å². The van der Waals surface area contributed by atoms with Gasteiger partial charge in [-0.2, -0.15) is 0 Å². The normalized spacial score (nSPS) is 13.9. The summed E-state index contributed by atoms with van der Waals surface area (Å²) in [4.78, 5) is 28.7. The van der Waals surface area contributed by atoms with Gasteiger partial charge in [0.25, 0.3) is 5.22 Å². The summed E-state index contributed by atoms with van der Waals surface area (Å²) in [5, 5.41) is 11.4. The third-order valence-corrected chi connectivity index (χ3v) is 6.53. The number of aryl methyl sites for hydroxylation is 1. The number of nitrogens with one attached hydrogen (secondary N) is 1. The van der Waals surface area contributed by atoms with Crippen LogP contribution in [0.3, 0.4) is 0 Å². The molecule has 0 radical (unpaired) electrons. The predicted molar refractivity (Wildman–Crippen MR) is 134 cm³/mol. The maximum Gasteiger partial charge on any atom is 0.277 e. The lowest BCUT2D eigenvalue weighted by molar-refractivity contribution is -0.134. The van der Waals surface area contributed by atoms with Crippen LogP contribution in [0.2, 0.25) is 0 Å². The molecule has 3 aromatic rings. The number of aromatic nitrogens is 2. The van der Waals surface area contributed by atoms with Gasteiger partial charge in [0.1, 0.15) is 0 Å². The molecule has 1 N–H and O–H groups in total. The Morgan fingerprint density at radius 3 is 2.41 bits per heavy atom. The zero-order valence-corrected chi connectivity index (χ0v) is 20.5. The van der Waals surface area contributed by atoms with E-state index in [1.165, 1.54) is 11.8 Å². The summed E-state index contributed by atoms with van der Waals surface area (Å²) in [6.07, 6.45) is 0. The Balaban J connectivity index is 1.25. The van der Waals surface area contributed by atoms with Crippen molar-refractivity contribution in [2.24, 2.45) is 5.92 Å². The summed E-state index contributed by atoms with van der Waals surface area (Å²) in [6, 6.07) is 15.6. The Bertz CT molecular complexity index is 1140. The Hall–Kier alpha value is -3.33. The summed E-state index contributed by atoms with van der Waals surface area (Å²) >= 11 is 1.21. The number of piperazine rings is 1. The molecule has 9 heteroatoms. The summed E-state index contributed by atoms with van der Waals surface area (Å²) in [5.41, 5.74) is 3.75. The molecule has 34 heavy (non-hydrogen) atoms. The Morgan fingerprint density at radius 2 is 1.74 bits per heavy atom. The molecule has 4 rings (SSSR count). The van der Waals surface area contributed by atoms with Crippen molar-refractivity contribution in [1.29, 1.82) is 0 Å². The average molecular weight is 480 g/mol. The molecule has 2 amide bonds. The Kier molecular flexibility index (Phi) is 7.52. The molecule has 0 saturated carbocycles. The molecule has 1 aliphatic heterocycles. The highest BCUT2D eigenvalue weighted by molar-refractivity contribution is 7.99. The van der Waals surface area contributed by atoms with E-state index < -0.39 is 0 Å². The minimum atomic E-state index is -0.144. The summed E-state index contributed by atoms with van der Waals surface area (Å²) < 4.78 is 5.70. The number of hydrogen-bond acceptors (Lipinski definition) is 7. The first kappa shape index (κ1) is 23.8. The zero-order chi connectivity index (χ0) is 24.1. The molecule has 8 nitrogen and oxygen atoms in total. The molecule has 178 valence electrons. The number of hydrogen-bond donors (Lipinski definition) is 1. The maximum atomic E-state index is 12.4. The van der Waals surface area contributed by atoms with Crippen LogP contribution in [0.15, 0.2) is 58.2 Å². The number of carbonyl (C=O) groups excluding carboxylic acids is 2. The summed E-state index contributed by atoms with van der Waals surface area (Å²) in [6.45, 7) is 8.92. The quantitative estimate of drug-likeness (QED) is 0.511. The SMILES string of the molecule is Cc1ccccc1-c1nnc(SCC(=O)Nc2ccc(N3CCN(C(=O)C(C)C)CC3)cc2)o1. The molecular formula is C25H29N5O3S. The zero-order valence-electron chi connectivity index (χ0n) is 19.7. The van der Waals surface area contributed by atoms with Crippen molar-refractivity contribution in [2.45, 2.75) is 26.0 Å². The van der Waals surface area contributed by atoms with Crippen molar-refractivity contribution in [3.63, 3.8) is 0 Å². The fourth-order valence-corrected chi connectivity index (χ4v) is 4.38. The lowest BCUT2D eigenvalue weighted by Crippen LogP contribution is -2.49. The number of benzene rings is 2. The van der Waals surface area contributed by atoms with E-state index in [9.17, 15) is 9.59 Å². The minimum absolute atomic E-state index is 0.0301. The van der Waals surface area contributed by atoms with Crippen molar-refractivity contribution in [1.82, 2.24) is 15.1 Å². The van der Waals surface area contributed by atoms with E-state index in [-0.39, 0.29) is 23.5 Å². The standard InChI is InChI=1S/C25H29N5O3S/c1-17(2)24(32)30-14-12-29(13-15-30)20-10-8-19(9-11-20)26-22(31)16-34-25-28-27-23(33-25)21-7-5-4-6-18(21)3/h4-11,17H,12-16H2,1-3H3,(H,26,31). The van der Waals surface area contributed by atoms with Crippen molar-refractivity contribution in [2.75, 3.05) is 42.1 Å². The number of nitrogens with zero attached hydrogens (tertiary/aromatic N) is 4. The van der Waals surface area contributed by atoms with Gasteiger partial charge in [0.15, 0.2) is 0 Å². The van der Waals surface area contributed by atoms with Crippen molar-refractivity contribution >= 4 is 35.0 Å². The molecule has 1 saturated heterocycles. The van der Waals surface area contributed by atoms with Gasteiger partial charge >= 0.3 is 0 Å². The van der Waals surface area contributed by atoms with Crippen molar-refractivity contribution in [3.05, 3.63) is 54.1 Å². The number of anilines is 2. The van der Waals surface area contributed by atoms with E-state index in [1.54, 1.807) is 0 Å². The molecule has 1 aliphatic rings. The number of amides is 2. The van der Waals surface area contributed by atoms with E-state index >= 15 is 0 Å². The van der Waals surface area contributed by atoms with E-state index in [0.717, 1.165) is 48.7 Å². The highest BCUT2D eigenvalue weighted by Crippen LogP contribution is 2.26. The topological polar surface area (TPSA) is 91.6 Å². The van der Waals surface area contributed by atoms with Crippen LogP contribution in [-0.2, 0) is 9.59 Å². The predicted octanol–water partition coefficient (Wildman–Crippen LogP) is 4.08. The molecule has 0 aliphatic carbocycles. The van der Waals surface area contributed by atoms with Gasteiger partial charge in [0.05, 0.1) is 5.75 Å². The molecule has 0 bridgehead atoms. The third-order valence-electron chi connectivity index (χ3n) is 5.71. The van der Waals surface area contributed by atoms with Crippen molar-refractivity contribution in [3.8, 4) is 11.5 Å². The first-order valence-corrected chi connectivity index (χ1v) is 12.3. The Labute approximate surface area is 203 Å². The number of rotatable bonds is 7. The first-order chi connectivity index (χ1) is 16.4. The number of carbonyl (C=O) groups is 2. The molecule has 1 aromatic heterocycles. The Morgan fingerprint density at radius 1 is 1.03 bits per heavy atom. The summed E-state index contributed by atoms with van der Waals surface area (Å²) in [7, 11) is 0. The van der Waals surface area contributed by atoms with E-state index in [0.29, 0.717) is 11.1 Å². The van der Waals surface area contributed by atoms with Gasteiger partial charge in [-0.3, -0.25) is 9.59 Å². The van der Waals surface area contributed by atoms with Crippen LogP contribution in [0.5, 0.6) is 0 Å². The fourth-order valence-electron chi connectivity index (χ4n) is 3.82. The van der Waals surface area contributed by atoms with Crippen LogP contribution in [-0.4, -0.2) is 58.8 Å². The van der Waals surface area contributed by atoms with Gasteiger partial charge in [-0.25, -0.2) is 0 Å². The van der Waals surface area contributed by atoms with Crippen LogP contribution in [0.25, 0.3) is 11.5 Å². The second-order valence-corrected chi connectivity index (χ2v) is 9.47. The first-order valence-electron chi connectivity index (χ1n) is 11.4. The second kappa shape index (κ2) is 10.7. The lowest BCUT2D eigenvalue weighted by Gasteiger charge is -2.37. The van der Waals surface area contributed by atoms with Crippen LogP contribution in [0, 0.1) is 12.8 Å². The van der Waals surface area contributed by atoms with Gasteiger partial charge in [0, 0.05) is 49.0 Å². The molecule has 1 fully saturated rings. The monoisotopic (exact) mass is 479 g/mol. The van der Waals surface area contributed by atoms with E-state index in [2.05, 4.69) is 20.4 Å². The second-order valence-electron chi connectivity index (χ2n) is 8.54. The highest BCUT2D eigenvalue weighted by atomic mass is 32.2. The van der Waals surface area contributed by atoms with Crippen LogP contribution < -0.4 is 10.2 Å². The summed E-state index contributed by atoms with van der Waals surface area (Å²) in [5.74, 6) is 0.716. The largest absolute Gasteiger partial charge is 0.411 e. The van der Waals surface area contributed by atoms with E-state index in [4.69, 9.17) is 4.42 Å². The van der Waals surface area contributed by atoms with E-state index in [1.807, 2.05) is 74.2 Å². The molecule has 2 heterocycles. The van der Waals surface area contributed by atoms with Gasteiger partial charge in [0.2, 0.25) is 17.7 Å². The van der Waals surface area contributed by atoms with Gasteiger partial charge < -0.3 is 19.5 Å². The third kappa shape index (κ3) is 5.77. The average Bonchev–Trinajstić information content (AvgIpc) is 3.32. The minimum Gasteiger partial charge on any atom is -0.411 e. The lowest BCUT2D eigenvalue weighted by atomic mass is 10.1. The number of thioether (sulfide) groups is 1. The van der Waals surface area contributed by atoms with Gasteiger partial charge in [-0.05, 0) is 42.8 Å². The molecule has 0 spiro atoms. The molecule has 2 aromatic carbocycles. The van der Waals surface area contributed by atoms with Gasteiger partial charge in [-0.1, -0.05) is 43.8 Å². The molecule has 0 atom stereocenters. The fraction of sp³-hybridized carbons (Fsp3) is 0.360. The molecular weight excluding hydrogens is 450 g/mol. The maximum absolute atomic E-state index is 12.4. The smallest absolute Gasteiger partial charge is 0.277 e. The van der Waals surface area contributed by atoms with Crippen LogP contribution in [0.4, 0.5) is 11.4 Å². The van der Waals surface area contributed by atoms with Crippen LogP contribution in [0.1, 0.15) is 19.4 Å².